The predicted molar refractivity (Wildman–Crippen MR) is 75.8 cm³/mol. The van der Waals surface area contributed by atoms with Crippen LogP contribution in [0, 0.1) is 0 Å². The number of hydrogen-bond donors (Lipinski definition) is 1. The molecular weight excluding hydrogens is 292 g/mol. The molecule has 0 radical (unpaired) electrons. The molecule has 0 unspecified atom stereocenters. The number of hydrogen-bond acceptors (Lipinski definition) is 2. The van der Waals surface area contributed by atoms with Gasteiger partial charge in [-0.25, -0.2) is 4.98 Å². The molecule has 1 N–H and O–H groups in total. The van der Waals surface area contributed by atoms with Crippen molar-refractivity contribution in [2.24, 2.45) is 0 Å². The molecule has 2 aromatic heterocycles. The molecular formula is C14H11BrN2O. The molecule has 2 heterocycles. The fourth-order valence-corrected chi connectivity index (χ4v) is 2.34. The van der Waals surface area contributed by atoms with E-state index in [4.69, 9.17) is 4.74 Å². The lowest BCUT2D eigenvalue weighted by atomic mass is 10.1. The number of halogens is 1. The van der Waals surface area contributed by atoms with Crippen LogP contribution in [0.4, 0.5) is 0 Å². The summed E-state index contributed by atoms with van der Waals surface area (Å²) in [6.45, 7) is 0. The van der Waals surface area contributed by atoms with Crippen molar-refractivity contribution in [2.75, 3.05) is 7.11 Å². The standard InChI is InChI=1S/C14H11BrN2O/c1-18-11-4-2-3-9(5-11)13-8-17-14-12(13)6-10(15)7-16-14/h2-8H,1H3,(H,16,17). The van der Waals surface area contributed by atoms with Gasteiger partial charge in [0.05, 0.1) is 7.11 Å². The summed E-state index contributed by atoms with van der Waals surface area (Å²) < 4.78 is 6.22. The topological polar surface area (TPSA) is 37.9 Å². The molecule has 0 saturated carbocycles. The van der Waals surface area contributed by atoms with Gasteiger partial charge in [0.1, 0.15) is 11.4 Å². The first kappa shape index (κ1) is 11.3. The molecule has 0 atom stereocenters. The fraction of sp³-hybridized carbons (Fsp3) is 0.0714. The van der Waals surface area contributed by atoms with E-state index in [0.717, 1.165) is 32.4 Å². The number of fused-ring (bicyclic) bond motifs is 1. The highest BCUT2D eigenvalue weighted by atomic mass is 79.9. The Labute approximate surface area is 113 Å². The average Bonchev–Trinajstić information content (AvgIpc) is 2.81. The molecule has 4 heteroatoms. The van der Waals surface area contributed by atoms with Gasteiger partial charge in [-0.05, 0) is 39.7 Å². The monoisotopic (exact) mass is 302 g/mol. The van der Waals surface area contributed by atoms with E-state index in [1.165, 1.54) is 0 Å². The first-order chi connectivity index (χ1) is 8.78. The highest BCUT2D eigenvalue weighted by Gasteiger charge is 2.08. The second-order valence-corrected chi connectivity index (χ2v) is 4.90. The van der Waals surface area contributed by atoms with Crippen molar-refractivity contribution in [3.05, 3.63) is 47.2 Å². The second-order valence-electron chi connectivity index (χ2n) is 3.98. The van der Waals surface area contributed by atoms with Crippen LogP contribution >= 0.6 is 15.9 Å². The molecule has 0 fully saturated rings. The SMILES string of the molecule is COc1cccc(-c2c[nH]c3ncc(Br)cc23)c1. The van der Waals surface area contributed by atoms with Crippen molar-refractivity contribution in [1.82, 2.24) is 9.97 Å². The maximum Gasteiger partial charge on any atom is 0.137 e. The first-order valence-electron chi connectivity index (χ1n) is 5.55. The van der Waals surface area contributed by atoms with Crippen molar-refractivity contribution in [3.8, 4) is 16.9 Å². The van der Waals surface area contributed by atoms with Gasteiger partial charge in [-0.1, -0.05) is 12.1 Å². The Morgan fingerprint density at radius 3 is 3.00 bits per heavy atom. The Balaban J connectivity index is 2.21. The van der Waals surface area contributed by atoms with E-state index in [-0.39, 0.29) is 0 Å². The van der Waals surface area contributed by atoms with Crippen molar-refractivity contribution >= 4 is 27.0 Å². The van der Waals surface area contributed by atoms with Gasteiger partial charge in [0.25, 0.3) is 0 Å². The normalized spacial score (nSPS) is 10.8. The predicted octanol–water partition coefficient (Wildman–Crippen LogP) is 4.00. The zero-order valence-electron chi connectivity index (χ0n) is 9.77. The van der Waals surface area contributed by atoms with Crippen molar-refractivity contribution in [1.29, 1.82) is 0 Å². The molecule has 90 valence electrons. The molecule has 18 heavy (non-hydrogen) atoms. The number of aromatic amines is 1. The molecule has 3 rings (SSSR count). The zero-order chi connectivity index (χ0) is 12.5. The van der Waals surface area contributed by atoms with E-state index < -0.39 is 0 Å². The van der Waals surface area contributed by atoms with Gasteiger partial charge in [-0.2, -0.15) is 0 Å². The minimum absolute atomic E-state index is 0.852. The fourth-order valence-electron chi connectivity index (χ4n) is 2.01. The summed E-state index contributed by atoms with van der Waals surface area (Å²) in [5.74, 6) is 0.852. The lowest BCUT2D eigenvalue weighted by Crippen LogP contribution is -1.83. The number of aromatic nitrogens is 2. The van der Waals surface area contributed by atoms with Gasteiger partial charge in [0.2, 0.25) is 0 Å². The Kier molecular flexibility index (Phi) is 2.80. The van der Waals surface area contributed by atoms with Gasteiger partial charge >= 0.3 is 0 Å². The molecule has 0 spiro atoms. The van der Waals surface area contributed by atoms with E-state index in [2.05, 4.69) is 38.0 Å². The van der Waals surface area contributed by atoms with Crippen LogP contribution in [-0.2, 0) is 0 Å². The summed E-state index contributed by atoms with van der Waals surface area (Å²) in [4.78, 5) is 7.51. The summed E-state index contributed by atoms with van der Waals surface area (Å²) in [5, 5.41) is 1.10. The van der Waals surface area contributed by atoms with Crippen LogP contribution in [0.15, 0.2) is 47.2 Å². The summed E-state index contributed by atoms with van der Waals surface area (Å²) >= 11 is 3.45. The van der Waals surface area contributed by atoms with E-state index in [1.54, 1.807) is 13.3 Å². The van der Waals surface area contributed by atoms with E-state index in [0.29, 0.717) is 0 Å². The van der Waals surface area contributed by atoms with Crippen LogP contribution in [-0.4, -0.2) is 17.1 Å². The number of benzene rings is 1. The lowest BCUT2D eigenvalue weighted by Gasteiger charge is -2.03. The number of rotatable bonds is 2. The molecule has 0 aliphatic carbocycles. The third-order valence-corrected chi connectivity index (χ3v) is 3.31. The summed E-state index contributed by atoms with van der Waals surface area (Å²) in [5.41, 5.74) is 3.12. The molecule has 3 nitrogen and oxygen atoms in total. The summed E-state index contributed by atoms with van der Waals surface area (Å²) in [6, 6.07) is 10.1. The molecule has 1 aromatic carbocycles. The summed E-state index contributed by atoms with van der Waals surface area (Å²) in [6.07, 6.45) is 3.76. The van der Waals surface area contributed by atoms with Crippen LogP contribution in [0.1, 0.15) is 0 Å². The Morgan fingerprint density at radius 1 is 1.28 bits per heavy atom. The number of ether oxygens (including phenoxy) is 1. The van der Waals surface area contributed by atoms with Crippen molar-refractivity contribution in [2.45, 2.75) is 0 Å². The highest BCUT2D eigenvalue weighted by Crippen LogP contribution is 2.31. The molecule has 0 aliphatic rings. The molecule has 0 saturated heterocycles. The van der Waals surface area contributed by atoms with E-state index in [9.17, 15) is 0 Å². The molecule has 0 bridgehead atoms. The van der Waals surface area contributed by atoms with Crippen LogP contribution in [0.5, 0.6) is 5.75 Å². The van der Waals surface area contributed by atoms with Crippen LogP contribution < -0.4 is 4.74 Å². The summed E-state index contributed by atoms with van der Waals surface area (Å²) in [7, 11) is 1.67. The third-order valence-electron chi connectivity index (χ3n) is 2.88. The molecule has 3 aromatic rings. The van der Waals surface area contributed by atoms with E-state index in [1.807, 2.05) is 24.4 Å². The smallest absolute Gasteiger partial charge is 0.137 e. The first-order valence-corrected chi connectivity index (χ1v) is 6.34. The Morgan fingerprint density at radius 2 is 2.17 bits per heavy atom. The number of H-pyrrole nitrogens is 1. The lowest BCUT2D eigenvalue weighted by molar-refractivity contribution is 0.415. The van der Waals surface area contributed by atoms with Crippen LogP contribution in [0.25, 0.3) is 22.2 Å². The van der Waals surface area contributed by atoms with Gasteiger partial charge in [-0.3, -0.25) is 0 Å². The average molecular weight is 303 g/mol. The van der Waals surface area contributed by atoms with Gasteiger partial charge in [0, 0.05) is 27.8 Å². The van der Waals surface area contributed by atoms with Gasteiger partial charge in [0.15, 0.2) is 0 Å². The minimum atomic E-state index is 0.852. The molecule has 0 aliphatic heterocycles. The van der Waals surface area contributed by atoms with Crippen molar-refractivity contribution < 1.29 is 4.74 Å². The van der Waals surface area contributed by atoms with Crippen LogP contribution in [0.2, 0.25) is 0 Å². The Hall–Kier alpha value is -1.81. The van der Waals surface area contributed by atoms with Crippen molar-refractivity contribution in [3.63, 3.8) is 0 Å². The number of pyridine rings is 1. The Bertz CT molecular complexity index is 706. The number of nitrogens with one attached hydrogen (secondary N) is 1. The minimum Gasteiger partial charge on any atom is -0.497 e. The maximum atomic E-state index is 5.25. The highest BCUT2D eigenvalue weighted by molar-refractivity contribution is 9.10. The maximum absolute atomic E-state index is 5.25. The van der Waals surface area contributed by atoms with Gasteiger partial charge < -0.3 is 9.72 Å². The number of nitrogens with zero attached hydrogens (tertiary/aromatic N) is 1. The number of methoxy groups -OCH3 is 1. The second kappa shape index (κ2) is 4.46. The third kappa shape index (κ3) is 1.88. The zero-order valence-corrected chi connectivity index (χ0v) is 11.4. The quantitative estimate of drug-likeness (QED) is 0.777. The largest absolute Gasteiger partial charge is 0.497 e. The molecule has 0 amide bonds. The van der Waals surface area contributed by atoms with Gasteiger partial charge in [-0.15, -0.1) is 0 Å². The van der Waals surface area contributed by atoms with E-state index >= 15 is 0 Å². The van der Waals surface area contributed by atoms with Crippen LogP contribution in [0.3, 0.4) is 0 Å².